The van der Waals surface area contributed by atoms with E-state index in [1.165, 1.54) is 51.4 Å². The third-order valence-corrected chi connectivity index (χ3v) is 11.6. The highest BCUT2D eigenvalue weighted by Gasteiger charge is 2.59. The summed E-state index contributed by atoms with van der Waals surface area (Å²) in [7, 11) is 0. The second-order valence-corrected chi connectivity index (χ2v) is 14.3. The van der Waals surface area contributed by atoms with Gasteiger partial charge in [-0.05, 0) is 105 Å². The average Bonchev–Trinajstić information content (AvgIpc) is 3.15. The van der Waals surface area contributed by atoms with Crippen LogP contribution in [0.4, 0.5) is 0 Å². The van der Waals surface area contributed by atoms with Gasteiger partial charge < -0.3 is 4.74 Å². The molecule has 0 radical (unpaired) electrons. The van der Waals surface area contributed by atoms with Crippen LogP contribution < -0.4 is 0 Å². The number of carbonyl (C=O) groups is 1. The topological polar surface area (TPSA) is 26.3 Å². The first-order chi connectivity index (χ1) is 16.5. The Hall–Kier alpha value is -0.760. The minimum absolute atomic E-state index is 0.000692. The molecular formula is C32H51ClO2. The van der Waals surface area contributed by atoms with Crippen molar-refractivity contribution in [3.63, 3.8) is 0 Å². The lowest BCUT2D eigenvalue weighted by atomic mass is 9.47. The molecule has 0 N–H and O–H groups in total. The fourth-order valence-corrected chi connectivity index (χ4v) is 9.21. The molecule has 0 aromatic carbocycles. The van der Waals surface area contributed by atoms with Gasteiger partial charge in [0.15, 0.2) is 0 Å². The summed E-state index contributed by atoms with van der Waals surface area (Å²) in [4.78, 5) is 12.5. The third-order valence-electron chi connectivity index (χ3n) is 11.4. The van der Waals surface area contributed by atoms with Crippen molar-refractivity contribution in [1.82, 2.24) is 0 Å². The molecule has 0 saturated heterocycles. The van der Waals surface area contributed by atoms with Crippen molar-refractivity contribution in [3.8, 4) is 0 Å². The van der Waals surface area contributed by atoms with Gasteiger partial charge in [-0.1, -0.05) is 77.1 Å². The van der Waals surface area contributed by atoms with Gasteiger partial charge in [-0.25, -0.2) is 4.79 Å². The number of esters is 1. The number of rotatable bonds is 7. The SMILES string of the molecule is C/C(Cl)=C(\C)C(=O)O[C@H]1CC[C@@]2(C)C(=CC[C@H]3[C@@H]4CC[C@H]([C@@H](C)CCCC(C)C)[C@@]4(C)CC[C@@H]32)C1. The van der Waals surface area contributed by atoms with Crippen LogP contribution in [0.5, 0.6) is 0 Å². The van der Waals surface area contributed by atoms with Crippen LogP contribution in [0.1, 0.15) is 119 Å². The smallest absolute Gasteiger partial charge is 0.335 e. The molecule has 35 heavy (non-hydrogen) atoms. The maximum Gasteiger partial charge on any atom is 0.335 e. The molecular weight excluding hydrogens is 452 g/mol. The van der Waals surface area contributed by atoms with Gasteiger partial charge in [0.25, 0.3) is 0 Å². The van der Waals surface area contributed by atoms with Crippen molar-refractivity contribution < 1.29 is 9.53 Å². The van der Waals surface area contributed by atoms with E-state index in [0.717, 1.165) is 54.8 Å². The molecule has 0 spiro atoms. The maximum atomic E-state index is 12.5. The summed E-state index contributed by atoms with van der Waals surface area (Å²) in [5, 5.41) is 0.532. The molecule has 0 bridgehead atoms. The summed E-state index contributed by atoms with van der Waals surface area (Å²) < 4.78 is 5.90. The van der Waals surface area contributed by atoms with Crippen molar-refractivity contribution in [1.29, 1.82) is 0 Å². The van der Waals surface area contributed by atoms with Crippen molar-refractivity contribution in [2.24, 2.45) is 46.3 Å². The zero-order chi connectivity index (χ0) is 25.5. The van der Waals surface area contributed by atoms with Crippen LogP contribution in [0.2, 0.25) is 0 Å². The third kappa shape index (κ3) is 5.17. The monoisotopic (exact) mass is 502 g/mol. The van der Waals surface area contributed by atoms with E-state index in [1.54, 1.807) is 19.4 Å². The molecule has 0 amide bonds. The van der Waals surface area contributed by atoms with Gasteiger partial charge in [-0.15, -0.1) is 0 Å². The highest BCUT2D eigenvalue weighted by Crippen LogP contribution is 2.67. The van der Waals surface area contributed by atoms with E-state index in [2.05, 4.69) is 40.7 Å². The summed E-state index contributed by atoms with van der Waals surface area (Å²) in [6.07, 6.45) is 16.8. The summed E-state index contributed by atoms with van der Waals surface area (Å²) in [6.45, 7) is 16.0. The Kier molecular flexibility index (Phi) is 8.22. The second-order valence-electron chi connectivity index (χ2n) is 13.7. The molecule has 4 rings (SSSR count). The fourth-order valence-electron chi connectivity index (χ4n) is 9.13. The largest absolute Gasteiger partial charge is 0.459 e. The molecule has 2 nitrogen and oxygen atoms in total. The van der Waals surface area contributed by atoms with E-state index in [1.807, 2.05) is 0 Å². The molecule has 3 fully saturated rings. The number of allylic oxidation sites excluding steroid dienone is 2. The maximum absolute atomic E-state index is 12.5. The van der Waals surface area contributed by atoms with Gasteiger partial charge in [0.2, 0.25) is 0 Å². The zero-order valence-electron chi connectivity index (χ0n) is 23.6. The number of ether oxygens (including phenoxy) is 1. The summed E-state index contributed by atoms with van der Waals surface area (Å²) >= 11 is 6.04. The van der Waals surface area contributed by atoms with Crippen LogP contribution in [-0.2, 0) is 9.53 Å². The van der Waals surface area contributed by atoms with Gasteiger partial charge in [-0.3, -0.25) is 0 Å². The molecule has 3 heteroatoms. The molecule has 0 unspecified atom stereocenters. The molecule has 0 aliphatic heterocycles. The number of halogens is 1. The Morgan fingerprint density at radius 2 is 1.80 bits per heavy atom. The van der Waals surface area contributed by atoms with E-state index in [4.69, 9.17) is 16.3 Å². The number of hydrogen-bond donors (Lipinski definition) is 0. The lowest BCUT2D eigenvalue weighted by molar-refractivity contribution is -0.146. The second kappa shape index (κ2) is 10.5. The van der Waals surface area contributed by atoms with Crippen LogP contribution >= 0.6 is 11.6 Å². The molecule has 0 aromatic heterocycles. The van der Waals surface area contributed by atoms with E-state index in [9.17, 15) is 4.79 Å². The van der Waals surface area contributed by atoms with Gasteiger partial charge >= 0.3 is 5.97 Å². The van der Waals surface area contributed by atoms with Gasteiger partial charge in [0.05, 0.1) is 0 Å². The number of hydrogen-bond acceptors (Lipinski definition) is 2. The Morgan fingerprint density at radius 1 is 1.06 bits per heavy atom. The predicted octanol–water partition coefficient (Wildman–Crippen LogP) is 9.47. The Labute approximate surface area is 220 Å². The summed E-state index contributed by atoms with van der Waals surface area (Å²) in [5.41, 5.74) is 2.95. The molecule has 0 heterocycles. The Bertz CT molecular complexity index is 852. The van der Waals surface area contributed by atoms with Crippen molar-refractivity contribution in [2.75, 3.05) is 0 Å². The van der Waals surface area contributed by atoms with Crippen LogP contribution in [0.25, 0.3) is 0 Å². The van der Waals surface area contributed by atoms with Gasteiger partial charge in [0.1, 0.15) is 6.10 Å². The van der Waals surface area contributed by atoms with E-state index in [0.29, 0.717) is 21.4 Å². The first-order valence-corrected chi connectivity index (χ1v) is 15.1. The number of carbonyl (C=O) groups excluding carboxylic acids is 1. The standard InChI is InChI=1S/C32H51ClO2/c1-20(2)9-8-10-21(3)27-13-14-28-26-12-11-24-19-25(35-30(34)22(4)23(5)33)15-17-31(24,6)29(26)16-18-32(27,28)7/h11,20-21,25-29H,8-10,12-19H2,1-7H3/b23-22-/t21-,25-,26-,27+,28-,29-,31-,32+/m0/s1. The first-order valence-electron chi connectivity index (χ1n) is 14.7. The highest BCUT2D eigenvalue weighted by atomic mass is 35.5. The molecule has 0 aromatic rings. The van der Waals surface area contributed by atoms with E-state index >= 15 is 0 Å². The van der Waals surface area contributed by atoms with Crippen LogP contribution in [-0.4, -0.2) is 12.1 Å². The molecule has 4 aliphatic rings. The zero-order valence-corrected chi connectivity index (χ0v) is 24.3. The minimum Gasteiger partial charge on any atom is -0.459 e. The Morgan fingerprint density at radius 3 is 2.49 bits per heavy atom. The van der Waals surface area contributed by atoms with Crippen molar-refractivity contribution in [3.05, 3.63) is 22.3 Å². The van der Waals surface area contributed by atoms with Gasteiger partial charge in [-0.2, -0.15) is 0 Å². The Balaban J connectivity index is 1.44. The first kappa shape index (κ1) is 27.3. The van der Waals surface area contributed by atoms with Crippen LogP contribution in [0, 0.1) is 46.3 Å². The molecule has 3 saturated carbocycles. The quantitative estimate of drug-likeness (QED) is 0.197. The molecule has 198 valence electrons. The minimum atomic E-state index is -0.242. The fraction of sp³-hybridized carbons (Fsp3) is 0.844. The van der Waals surface area contributed by atoms with Crippen LogP contribution in [0.3, 0.4) is 0 Å². The van der Waals surface area contributed by atoms with Gasteiger partial charge in [0, 0.05) is 17.0 Å². The highest BCUT2D eigenvalue weighted by molar-refractivity contribution is 6.31. The summed E-state index contributed by atoms with van der Waals surface area (Å²) in [5.74, 6) is 4.91. The van der Waals surface area contributed by atoms with Crippen molar-refractivity contribution in [2.45, 2.75) is 125 Å². The number of fused-ring (bicyclic) bond motifs is 5. The van der Waals surface area contributed by atoms with Crippen molar-refractivity contribution >= 4 is 17.6 Å². The van der Waals surface area contributed by atoms with E-state index < -0.39 is 0 Å². The predicted molar refractivity (Wildman–Crippen MR) is 147 cm³/mol. The molecule has 8 atom stereocenters. The normalized spacial score (nSPS) is 40.3. The summed E-state index contributed by atoms with van der Waals surface area (Å²) in [6, 6.07) is 0. The average molecular weight is 503 g/mol. The van der Waals surface area contributed by atoms with Crippen LogP contribution in [0.15, 0.2) is 22.3 Å². The molecule has 4 aliphatic carbocycles. The van der Waals surface area contributed by atoms with E-state index in [-0.39, 0.29) is 12.1 Å². The lowest BCUT2D eigenvalue weighted by Crippen LogP contribution is -2.51. The lowest BCUT2D eigenvalue weighted by Gasteiger charge is -2.58.